The van der Waals surface area contributed by atoms with Gasteiger partial charge in [0.05, 0.1) is 18.4 Å². The predicted octanol–water partition coefficient (Wildman–Crippen LogP) is 4.82. The topological polar surface area (TPSA) is 71.1 Å². The number of carbonyl (C=O) groups is 1. The first kappa shape index (κ1) is 22.1. The summed E-state index contributed by atoms with van der Waals surface area (Å²) in [5.41, 5.74) is 0.257. The number of halogens is 2. The van der Waals surface area contributed by atoms with Crippen molar-refractivity contribution in [3.8, 4) is 28.9 Å². The second-order valence-corrected chi connectivity index (χ2v) is 9.09. The maximum Gasteiger partial charge on any atom is 0.277 e. The molecule has 6 nitrogen and oxygen atoms in total. The number of aromatic nitrogens is 2. The van der Waals surface area contributed by atoms with Crippen molar-refractivity contribution < 1.29 is 18.3 Å². The second kappa shape index (κ2) is 8.56. The second-order valence-electron chi connectivity index (χ2n) is 9.09. The number of ether oxygens (including phenoxy) is 1. The number of imidazole rings is 1. The Labute approximate surface area is 196 Å². The Balaban J connectivity index is 1.56. The van der Waals surface area contributed by atoms with Crippen LogP contribution in [0, 0.1) is 40.8 Å². The minimum atomic E-state index is -0.807. The highest BCUT2D eigenvalue weighted by molar-refractivity contribution is 5.93. The van der Waals surface area contributed by atoms with Gasteiger partial charge >= 0.3 is 0 Å². The summed E-state index contributed by atoms with van der Waals surface area (Å²) < 4.78 is 36.6. The molecule has 1 saturated carbocycles. The van der Waals surface area contributed by atoms with Crippen molar-refractivity contribution in [1.29, 1.82) is 5.26 Å². The highest BCUT2D eigenvalue weighted by atomic mass is 19.1. The number of hydrogen-bond acceptors (Lipinski definition) is 4. The number of methoxy groups -OCH3 is 1. The fraction of sp³-hybridized carbons (Fsp3) is 0.346. The van der Waals surface area contributed by atoms with Gasteiger partial charge in [-0.3, -0.25) is 9.36 Å². The Morgan fingerprint density at radius 2 is 1.94 bits per heavy atom. The number of nitrogens with zero attached hydrogens (tertiary/aromatic N) is 4. The maximum atomic E-state index is 15.8. The minimum Gasteiger partial charge on any atom is -0.497 e. The largest absolute Gasteiger partial charge is 0.497 e. The first-order valence-electron chi connectivity index (χ1n) is 11.3. The van der Waals surface area contributed by atoms with Crippen LogP contribution in [0.3, 0.4) is 0 Å². The Kier molecular flexibility index (Phi) is 5.56. The van der Waals surface area contributed by atoms with E-state index in [0.29, 0.717) is 42.3 Å². The molecule has 3 aromatic rings. The van der Waals surface area contributed by atoms with Gasteiger partial charge in [-0.1, -0.05) is 6.92 Å². The summed E-state index contributed by atoms with van der Waals surface area (Å²) in [6, 6.07) is 12.3. The highest BCUT2D eigenvalue weighted by Crippen LogP contribution is 2.47. The summed E-state index contributed by atoms with van der Waals surface area (Å²) in [4.78, 5) is 19.3. The van der Waals surface area contributed by atoms with E-state index in [4.69, 9.17) is 10.00 Å². The molecule has 8 heteroatoms. The molecule has 0 N–H and O–H groups in total. The van der Waals surface area contributed by atoms with Crippen LogP contribution in [-0.4, -0.2) is 40.6 Å². The average molecular weight is 463 g/mol. The fourth-order valence-electron chi connectivity index (χ4n) is 4.92. The lowest BCUT2D eigenvalue weighted by atomic mass is 10.0. The van der Waals surface area contributed by atoms with Crippen LogP contribution in [0.2, 0.25) is 0 Å². The van der Waals surface area contributed by atoms with Crippen molar-refractivity contribution in [2.75, 3.05) is 20.2 Å². The Hall–Kier alpha value is -3.73. The lowest BCUT2D eigenvalue weighted by Crippen LogP contribution is -2.30. The van der Waals surface area contributed by atoms with Crippen LogP contribution >= 0.6 is 0 Å². The van der Waals surface area contributed by atoms with Gasteiger partial charge in [0.25, 0.3) is 5.91 Å². The van der Waals surface area contributed by atoms with Crippen LogP contribution in [-0.2, 0) is 0 Å². The van der Waals surface area contributed by atoms with Gasteiger partial charge in [-0.2, -0.15) is 9.65 Å². The number of nitriles is 1. The molecule has 2 aromatic carbocycles. The molecule has 2 aliphatic rings. The van der Waals surface area contributed by atoms with Crippen molar-refractivity contribution in [2.24, 2.45) is 17.8 Å². The first-order valence-corrected chi connectivity index (χ1v) is 11.3. The van der Waals surface area contributed by atoms with E-state index < -0.39 is 17.7 Å². The normalized spacial score (nSPS) is 21.4. The summed E-state index contributed by atoms with van der Waals surface area (Å²) in [6.45, 7) is 3.39. The molecule has 1 amide bonds. The summed E-state index contributed by atoms with van der Waals surface area (Å²) >= 11 is 0. The Morgan fingerprint density at radius 1 is 1.21 bits per heavy atom. The van der Waals surface area contributed by atoms with Gasteiger partial charge in [0.15, 0.2) is 5.69 Å². The van der Waals surface area contributed by atoms with Gasteiger partial charge in [-0.25, -0.2) is 9.37 Å². The number of amides is 1. The van der Waals surface area contributed by atoms with E-state index in [1.54, 1.807) is 35.2 Å². The highest BCUT2D eigenvalue weighted by Gasteiger charge is 2.43. The van der Waals surface area contributed by atoms with Crippen molar-refractivity contribution >= 4 is 5.91 Å². The third-order valence-electron chi connectivity index (χ3n) is 6.99. The van der Waals surface area contributed by atoms with Gasteiger partial charge < -0.3 is 9.64 Å². The van der Waals surface area contributed by atoms with Crippen molar-refractivity contribution in [3.63, 3.8) is 0 Å². The molecule has 2 unspecified atom stereocenters. The molecule has 1 aliphatic heterocycles. The molecule has 1 saturated heterocycles. The number of hydrogen-bond donors (Lipinski definition) is 0. The van der Waals surface area contributed by atoms with Crippen LogP contribution in [0.4, 0.5) is 8.78 Å². The molecule has 0 radical (unpaired) electrons. The van der Waals surface area contributed by atoms with Crippen LogP contribution in [0.25, 0.3) is 17.1 Å². The zero-order valence-corrected chi connectivity index (χ0v) is 19.0. The molecule has 2 fully saturated rings. The van der Waals surface area contributed by atoms with E-state index in [9.17, 15) is 9.18 Å². The molecule has 0 bridgehead atoms. The van der Waals surface area contributed by atoms with Crippen molar-refractivity contribution in [3.05, 3.63) is 65.5 Å². The average Bonchev–Trinajstić information content (AvgIpc) is 3.23. The number of rotatable bonds is 5. The summed E-state index contributed by atoms with van der Waals surface area (Å²) in [5, 5.41) is 9.05. The molecule has 0 spiro atoms. The lowest BCUT2D eigenvalue weighted by molar-refractivity contribution is 0.0774. The molecular formula is C26H24F2N4O2. The third-order valence-corrected chi connectivity index (χ3v) is 6.99. The molecule has 174 valence electrons. The summed E-state index contributed by atoms with van der Waals surface area (Å²) in [6.07, 6.45) is 2.09. The number of carbonyl (C=O) groups excluding carboxylic acids is 1. The molecular weight excluding hydrogens is 438 g/mol. The summed E-state index contributed by atoms with van der Waals surface area (Å²) in [7, 11) is 1.53. The van der Waals surface area contributed by atoms with Crippen LogP contribution < -0.4 is 4.74 Å². The third kappa shape index (κ3) is 3.81. The molecule has 2 heterocycles. The van der Waals surface area contributed by atoms with E-state index in [2.05, 4.69) is 11.9 Å². The smallest absolute Gasteiger partial charge is 0.277 e. The SMILES string of the molecule is COc1ccc(-n2c(-c3ccc(C#N)c(F)c3)nc(C(=O)N3CC[C@H](C4CC4C)C3)c2F)cc1. The monoisotopic (exact) mass is 462 g/mol. The zero-order valence-electron chi connectivity index (χ0n) is 19.0. The molecule has 34 heavy (non-hydrogen) atoms. The molecule has 1 aliphatic carbocycles. The van der Waals surface area contributed by atoms with Gasteiger partial charge in [0.1, 0.15) is 23.5 Å². The Morgan fingerprint density at radius 3 is 2.56 bits per heavy atom. The number of likely N-dealkylation sites (tertiary alicyclic amines) is 1. The van der Waals surface area contributed by atoms with Gasteiger partial charge in [0.2, 0.25) is 5.95 Å². The summed E-state index contributed by atoms with van der Waals surface area (Å²) in [5.74, 6) is 0.427. The zero-order chi connectivity index (χ0) is 24.0. The predicted molar refractivity (Wildman–Crippen MR) is 121 cm³/mol. The van der Waals surface area contributed by atoms with E-state index in [0.717, 1.165) is 12.5 Å². The first-order chi connectivity index (χ1) is 16.4. The van der Waals surface area contributed by atoms with Gasteiger partial charge in [0, 0.05) is 18.7 Å². The lowest BCUT2D eigenvalue weighted by Gasteiger charge is -2.15. The minimum absolute atomic E-state index is 0.0842. The van der Waals surface area contributed by atoms with Gasteiger partial charge in [-0.05, 0) is 73.1 Å². The molecule has 5 rings (SSSR count). The molecule has 1 aromatic heterocycles. The van der Waals surface area contributed by atoms with Crippen molar-refractivity contribution in [2.45, 2.75) is 19.8 Å². The quantitative estimate of drug-likeness (QED) is 0.545. The van der Waals surface area contributed by atoms with Gasteiger partial charge in [-0.15, -0.1) is 0 Å². The molecule has 3 atom stereocenters. The number of benzene rings is 2. The van der Waals surface area contributed by atoms with E-state index >= 15 is 4.39 Å². The van der Waals surface area contributed by atoms with E-state index in [1.807, 2.05) is 0 Å². The van der Waals surface area contributed by atoms with Crippen LogP contribution in [0.1, 0.15) is 35.8 Å². The fourth-order valence-corrected chi connectivity index (χ4v) is 4.92. The van der Waals surface area contributed by atoms with Crippen molar-refractivity contribution in [1.82, 2.24) is 14.5 Å². The van der Waals surface area contributed by atoms with E-state index in [-0.39, 0.29) is 22.6 Å². The van der Waals surface area contributed by atoms with Crippen LogP contribution in [0.15, 0.2) is 42.5 Å². The maximum absolute atomic E-state index is 15.8. The Bertz CT molecular complexity index is 1300. The van der Waals surface area contributed by atoms with Crippen LogP contribution in [0.5, 0.6) is 5.75 Å². The standard InChI is InChI=1S/C26H24F2N4O2/c1-15-11-21(15)18-9-10-31(14-18)26(33)23-24(28)32(19-5-7-20(34-2)8-6-19)25(30-23)16-3-4-17(13-29)22(27)12-16/h3-8,12,15,18,21H,9-11,14H2,1-2H3/t15?,18-,21?/m0/s1. The van der Waals surface area contributed by atoms with E-state index in [1.165, 1.54) is 30.2 Å².